The van der Waals surface area contributed by atoms with E-state index in [9.17, 15) is 4.79 Å². The third-order valence-electron chi connectivity index (χ3n) is 3.08. The Balaban J connectivity index is 2.16. The van der Waals surface area contributed by atoms with Crippen molar-refractivity contribution in [2.75, 3.05) is 0 Å². The molecule has 5 heteroatoms. The predicted octanol–water partition coefficient (Wildman–Crippen LogP) is 0.917. The van der Waals surface area contributed by atoms with Gasteiger partial charge in [0.1, 0.15) is 5.84 Å². The van der Waals surface area contributed by atoms with Gasteiger partial charge in [0.25, 0.3) is 0 Å². The molecule has 1 saturated carbocycles. The number of aliphatic imine (C=N–C) groups is 1. The van der Waals surface area contributed by atoms with Crippen LogP contribution in [0.25, 0.3) is 0 Å². The van der Waals surface area contributed by atoms with Gasteiger partial charge >= 0.3 is 0 Å². The Hall–Kier alpha value is -1.62. The topological polar surface area (TPSA) is 83.3 Å². The Morgan fingerprint density at radius 1 is 1.35 bits per heavy atom. The molecule has 2 rings (SSSR count). The van der Waals surface area contributed by atoms with E-state index in [0.29, 0.717) is 11.9 Å². The average molecular weight is 234 g/mol. The van der Waals surface area contributed by atoms with Crippen LogP contribution in [0, 0.1) is 0 Å². The van der Waals surface area contributed by atoms with Crippen molar-refractivity contribution in [3.63, 3.8) is 0 Å². The molecule has 1 heterocycles. The average Bonchev–Trinajstić information content (AvgIpc) is 2.38. The highest BCUT2D eigenvalue weighted by Crippen LogP contribution is 2.20. The quantitative estimate of drug-likeness (QED) is 0.308. The van der Waals surface area contributed by atoms with E-state index in [2.05, 4.69) is 15.4 Å². The number of amidine groups is 1. The number of rotatable bonds is 2. The summed E-state index contributed by atoms with van der Waals surface area (Å²) in [6.45, 7) is 0. The summed E-state index contributed by atoms with van der Waals surface area (Å²) in [5.41, 5.74) is 3.31. The van der Waals surface area contributed by atoms with Gasteiger partial charge in [-0.3, -0.25) is 9.79 Å². The Morgan fingerprint density at radius 3 is 2.71 bits per heavy atom. The molecule has 0 bridgehead atoms. The van der Waals surface area contributed by atoms with Gasteiger partial charge in [-0.25, -0.2) is 5.84 Å². The largest absolute Gasteiger partial charge is 0.328 e. The molecule has 5 nitrogen and oxygen atoms in total. The van der Waals surface area contributed by atoms with E-state index >= 15 is 0 Å². The molecular formula is C12H18N4O. The molecule has 17 heavy (non-hydrogen) atoms. The van der Waals surface area contributed by atoms with Gasteiger partial charge in [-0.1, -0.05) is 19.3 Å². The lowest BCUT2D eigenvalue weighted by molar-refractivity contribution is 0.442. The third kappa shape index (κ3) is 3.17. The van der Waals surface area contributed by atoms with Gasteiger partial charge in [0.2, 0.25) is 5.56 Å². The summed E-state index contributed by atoms with van der Waals surface area (Å²) < 4.78 is 0. The van der Waals surface area contributed by atoms with Crippen LogP contribution in [-0.4, -0.2) is 16.9 Å². The fourth-order valence-electron chi connectivity index (χ4n) is 2.15. The van der Waals surface area contributed by atoms with Crippen molar-refractivity contribution in [2.45, 2.75) is 38.1 Å². The molecular weight excluding hydrogens is 216 g/mol. The Morgan fingerprint density at radius 2 is 2.12 bits per heavy atom. The molecule has 1 aromatic rings. The molecule has 0 aromatic carbocycles. The molecule has 0 spiro atoms. The van der Waals surface area contributed by atoms with Crippen molar-refractivity contribution in [1.29, 1.82) is 0 Å². The van der Waals surface area contributed by atoms with Gasteiger partial charge < -0.3 is 10.4 Å². The van der Waals surface area contributed by atoms with Crippen LogP contribution in [0.15, 0.2) is 28.1 Å². The van der Waals surface area contributed by atoms with Gasteiger partial charge in [-0.2, -0.15) is 0 Å². The van der Waals surface area contributed by atoms with Crippen LogP contribution < -0.4 is 16.8 Å². The SMILES string of the molecule is NNC(=NC1CCCCC1)c1ccc(=O)[nH]c1. The number of hydrazine groups is 1. The van der Waals surface area contributed by atoms with E-state index in [4.69, 9.17) is 5.84 Å². The van der Waals surface area contributed by atoms with E-state index in [0.717, 1.165) is 18.4 Å². The zero-order chi connectivity index (χ0) is 12.1. The van der Waals surface area contributed by atoms with Crippen LogP contribution in [0.4, 0.5) is 0 Å². The summed E-state index contributed by atoms with van der Waals surface area (Å²) in [5.74, 6) is 6.13. The van der Waals surface area contributed by atoms with E-state index < -0.39 is 0 Å². The number of H-pyrrole nitrogens is 1. The summed E-state index contributed by atoms with van der Waals surface area (Å²) in [7, 11) is 0. The summed E-state index contributed by atoms with van der Waals surface area (Å²) in [6, 6.07) is 3.55. The van der Waals surface area contributed by atoms with E-state index in [1.54, 1.807) is 12.3 Å². The number of hydrogen-bond donors (Lipinski definition) is 3. The zero-order valence-electron chi connectivity index (χ0n) is 9.78. The summed E-state index contributed by atoms with van der Waals surface area (Å²) >= 11 is 0. The molecule has 4 N–H and O–H groups in total. The van der Waals surface area contributed by atoms with Crippen LogP contribution >= 0.6 is 0 Å². The van der Waals surface area contributed by atoms with Gasteiger partial charge in [-0.15, -0.1) is 0 Å². The molecule has 1 fully saturated rings. The first-order valence-electron chi connectivity index (χ1n) is 6.03. The summed E-state index contributed by atoms with van der Waals surface area (Å²) in [4.78, 5) is 18.2. The van der Waals surface area contributed by atoms with Crippen molar-refractivity contribution < 1.29 is 0 Å². The van der Waals surface area contributed by atoms with Crippen molar-refractivity contribution in [3.8, 4) is 0 Å². The molecule has 1 aromatic heterocycles. The van der Waals surface area contributed by atoms with Crippen LogP contribution in [0.5, 0.6) is 0 Å². The van der Waals surface area contributed by atoms with Gasteiger partial charge in [0.05, 0.1) is 6.04 Å². The van der Waals surface area contributed by atoms with E-state index in [1.807, 2.05) is 0 Å². The number of nitrogens with two attached hydrogens (primary N) is 1. The first-order chi connectivity index (χ1) is 8.29. The minimum absolute atomic E-state index is 0.122. The van der Waals surface area contributed by atoms with Gasteiger partial charge in [-0.05, 0) is 18.9 Å². The highest BCUT2D eigenvalue weighted by molar-refractivity contribution is 5.98. The lowest BCUT2D eigenvalue weighted by atomic mass is 9.96. The van der Waals surface area contributed by atoms with Crippen molar-refractivity contribution >= 4 is 5.84 Å². The van der Waals surface area contributed by atoms with Crippen molar-refractivity contribution in [3.05, 3.63) is 34.2 Å². The Kier molecular flexibility index (Phi) is 3.93. The van der Waals surface area contributed by atoms with E-state index in [1.165, 1.54) is 25.3 Å². The highest BCUT2D eigenvalue weighted by Gasteiger charge is 2.13. The first-order valence-corrected chi connectivity index (χ1v) is 6.03. The maximum absolute atomic E-state index is 11.0. The summed E-state index contributed by atoms with van der Waals surface area (Å²) in [6.07, 6.45) is 7.64. The highest BCUT2D eigenvalue weighted by atomic mass is 16.1. The third-order valence-corrected chi connectivity index (χ3v) is 3.08. The summed E-state index contributed by atoms with van der Waals surface area (Å²) in [5, 5.41) is 0. The normalized spacial score (nSPS) is 18.1. The van der Waals surface area contributed by atoms with Gasteiger partial charge in [0.15, 0.2) is 0 Å². The smallest absolute Gasteiger partial charge is 0.247 e. The van der Waals surface area contributed by atoms with E-state index in [-0.39, 0.29) is 5.56 Å². The van der Waals surface area contributed by atoms with Crippen molar-refractivity contribution in [1.82, 2.24) is 10.4 Å². The van der Waals surface area contributed by atoms with Gasteiger partial charge in [0, 0.05) is 17.8 Å². The van der Waals surface area contributed by atoms with Crippen molar-refractivity contribution in [2.24, 2.45) is 10.8 Å². The predicted molar refractivity (Wildman–Crippen MR) is 67.8 cm³/mol. The molecule has 0 saturated heterocycles. The molecule has 0 radical (unpaired) electrons. The first kappa shape index (κ1) is 11.9. The number of aromatic amines is 1. The van der Waals surface area contributed by atoms with Crippen LogP contribution in [0.2, 0.25) is 0 Å². The number of pyridine rings is 1. The monoisotopic (exact) mass is 234 g/mol. The second-order valence-electron chi connectivity index (χ2n) is 4.36. The zero-order valence-corrected chi connectivity index (χ0v) is 9.78. The lowest BCUT2D eigenvalue weighted by Gasteiger charge is -2.19. The van der Waals surface area contributed by atoms with Crippen LogP contribution in [0.1, 0.15) is 37.7 Å². The maximum Gasteiger partial charge on any atom is 0.247 e. The number of nitrogens with one attached hydrogen (secondary N) is 2. The Labute approximate surface area is 100 Å². The second-order valence-corrected chi connectivity index (χ2v) is 4.36. The fourth-order valence-corrected chi connectivity index (χ4v) is 2.15. The maximum atomic E-state index is 11.0. The van der Waals surface area contributed by atoms with Crippen LogP contribution in [-0.2, 0) is 0 Å². The standard InChI is InChI=1S/C12H18N4O/c13-16-12(9-6-7-11(17)14-8-9)15-10-4-2-1-3-5-10/h6-8,10H,1-5,13H2,(H,14,17)(H,15,16). The molecule has 0 amide bonds. The number of nitrogens with zero attached hydrogens (tertiary/aromatic N) is 1. The minimum atomic E-state index is -0.122. The van der Waals surface area contributed by atoms with Crippen LogP contribution in [0.3, 0.4) is 0 Å². The molecule has 92 valence electrons. The minimum Gasteiger partial charge on any atom is -0.328 e. The fraction of sp³-hybridized carbons (Fsp3) is 0.500. The number of hydrogen-bond acceptors (Lipinski definition) is 3. The second kappa shape index (κ2) is 5.63. The lowest BCUT2D eigenvalue weighted by Crippen LogP contribution is -2.33. The molecule has 0 atom stereocenters. The molecule has 1 aliphatic rings. The molecule has 1 aliphatic carbocycles. The Bertz CT molecular complexity index is 426. The molecule has 0 unspecified atom stereocenters. The molecule has 0 aliphatic heterocycles. The number of aromatic nitrogens is 1.